The predicted octanol–water partition coefficient (Wildman–Crippen LogP) is -0.695. The fraction of sp³-hybridized carbons (Fsp3) is 0.125. The van der Waals surface area contributed by atoms with E-state index in [4.69, 9.17) is 0 Å². The van der Waals surface area contributed by atoms with Crippen LogP contribution in [0.5, 0.6) is 0 Å². The summed E-state index contributed by atoms with van der Waals surface area (Å²) in [4.78, 5) is 4.13. The minimum Gasteiger partial charge on any atom is -0.327 e. The van der Waals surface area contributed by atoms with Crippen LogP contribution >= 0.6 is 0 Å². The topological polar surface area (TPSA) is 17.8 Å². The second-order valence-corrected chi connectivity index (χ2v) is 2.19. The van der Waals surface area contributed by atoms with Crippen LogP contribution in [0.3, 0.4) is 0 Å². The highest BCUT2D eigenvalue weighted by Crippen LogP contribution is 1.71. The van der Waals surface area contributed by atoms with Gasteiger partial charge in [0.15, 0.2) is 0 Å². The van der Waals surface area contributed by atoms with Crippen molar-refractivity contribution in [2.45, 2.75) is 0 Å². The average molecular weight is 130 g/mol. The van der Waals surface area contributed by atoms with Gasteiger partial charge in [0.25, 0.3) is 0 Å². The predicted molar refractivity (Wildman–Crippen MR) is 38.4 cm³/mol. The molecule has 0 fully saturated rings. The summed E-state index contributed by atoms with van der Waals surface area (Å²) in [6.07, 6.45) is 5.51. The van der Waals surface area contributed by atoms with Crippen molar-refractivity contribution in [2.24, 2.45) is 7.05 Å². The van der Waals surface area contributed by atoms with Gasteiger partial charge in [-0.15, -0.1) is 0 Å². The van der Waals surface area contributed by atoms with Gasteiger partial charge >= 0.3 is 0 Å². The molecule has 0 atom stereocenters. The molecule has 0 saturated heterocycles. The third-order valence-electron chi connectivity index (χ3n) is 1.48. The number of hydrogen-bond donors (Lipinski definition) is 0. The lowest BCUT2D eigenvalue weighted by Crippen LogP contribution is -2.27. The van der Waals surface area contributed by atoms with Gasteiger partial charge in [-0.05, 0) is 17.9 Å². The number of rotatable bonds is 0. The maximum Gasteiger partial charge on any atom is 0.119 e. The van der Waals surface area contributed by atoms with Crippen molar-refractivity contribution >= 4 is 11.8 Å². The van der Waals surface area contributed by atoms with E-state index in [0.29, 0.717) is 0 Å². The van der Waals surface area contributed by atoms with Crippen molar-refractivity contribution in [1.29, 1.82) is 0 Å². The first-order chi connectivity index (χ1) is 4.88. The van der Waals surface area contributed by atoms with Gasteiger partial charge in [0, 0.05) is 7.05 Å². The molecule has 1 heterocycles. The molecule has 0 aromatic carbocycles. The van der Waals surface area contributed by atoms with Crippen molar-refractivity contribution in [3.63, 3.8) is 0 Å². The van der Waals surface area contributed by atoms with Crippen LogP contribution in [0.2, 0.25) is 0 Å². The molecule has 48 valence electrons. The third kappa shape index (κ3) is 0.577. The maximum atomic E-state index is 4.13. The normalized spacial score (nSPS) is 12.1. The first-order valence-corrected chi connectivity index (χ1v) is 3.07. The lowest BCUT2D eigenvalue weighted by Gasteiger charge is -1.83. The maximum absolute atomic E-state index is 4.13. The molecule has 0 aliphatic heterocycles. The number of allylic oxidation sites excluding steroid dienone is 1. The fourth-order valence-electron chi connectivity index (χ4n) is 0.953. The summed E-state index contributed by atoms with van der Waals surface area (Å²) in [7, 11) is 1.94. The molecule has 2 heteroatoms. The first kappa shape index (κ1) is 5.31. The Kier molecular flexibility index (Phi) is 0.925. The highest BCUT2D eigenvalue weighted by molar-refractivity contribution is 5.40. The van der Waals surface area contributed by atoms with E-state index in [9.17, 15) is 0 Å². The van der Waals surface area contributed by atoms with Crippen LogP contribution in [0.1, 0.15) is 0 Å². The van der Waals surface area contributed by atoms with E-state index < -0.39 is 0 Å². The molecular formula is C8H6N2. The summed E-state index contributed by atoms with van der Waals surface area (Å²) in [5.74, 6) is 0. The zero-order valence-corrected chi connectivity index (χ0v) is 5.63. The second kappa shape index (κ2) is 1.74. The number of imidazole rings is 1. The smallest absolute Gasteiger partial charge is 0.119 e. The number of aryl methyl sites for hydroxylation is 1. The van der Waals surface area contributed by atoms with Crippen LogP contribution in [-0.4, -0.2) is 9.55 Å². The van der Waals surface area contributed by atoms with Crippen molar-refractivity contribution < 1.29 is 0 Å². The Labute approximate surface area is 58.1 Å². The molecule has 0 saturated carbocycles. The summed E-state index contributed by atoms with van der Waals surface area (Å²) in [6, 6.07) is 0. The molecule has 0 spiro atoms. The van der Waals surface area contributed by atoms with Gasteiger partial charge in [0.2, 0.25) is 0 Å². The zero-order chi connectivity index (χ0) is 6.97. The number of nitrogens with zero attached hydrogens (tertiary/aromatic N) is 2. The van der Waals surface area contributed by atoms with Crippen LogP contribution in [-0.2, 0) is 7.05 Å². The third-order valence-corrected chi connectivity index (χ3v) is 1.48. The van der Waals surface area contributed by atoms with Crippen molar-refractivity contribution in [3.8, 4) is 0 Å². The number of fused-ring (bicyclic) bond motifs is 1. The summed E-state index contributed by atoms with van der Waals surface area (Å²) >= 11 is 0. The van der Waals surface area contributed by atoms with E-state index in [-0.39, 0.29) is 0 Å². The fourth-order valence-corrected chi connectivity index (χ4v) is 0.953. The van der Waals surface area contributed by atoms with Crippen molar-refractivity contribution in [3.05, 3.63) is 28.8 Å². The Hall–Kier alpha value is -1.49. The number of hydrogen-bond acceptors (Lipinski definition) is 1. The lowest BCUT2D eigenvalue weighted by atomic mass is 10.4. The standard InChI is InChI=1S/C8H6N2/c1-10-6-9-7-4-2-3-5-8(7)10/h2,4,6H,1H3. The Morgan fingerprint density at radius 2 is 2.50 bits per heavy atom. The molecule has 0 bridgehead atoms. The molecule has 1 aromatic rings. The monoisotopic (exact) mass is 130 g/mol. The van der Waals surface area contributed by atoms with Gasteiger partial charge < -0.3 is 4.57 Å². The highest BCUT2D eigenvalue weighted by atomic mass is 15.0. The molecule has 0 N–H and O–H groups in total. The SMILES string of the molecule is Cn1cnc2c1=C=C=CC=2. The molecule has 0 amide bonds. The summed E-state index contributed by atoms with van der Waals surface area (Å²) in [5, 5.41) is 1.98. The Morgan fingerprint density at radius 3 is 3.30 bits per heavy atom. The van der Waals surface area contributed by atoms with Gasteiger partial charge in [0.1, 0.15) is 5.35 Å². The second-order valence-electron chi connectivity index (χ2n) is 2.19. The van der Waals surface area contributed by atoms with E-state index in [1.807, 2.05) is 23.8 Å². The zero-order valence-electron chi connectivity index (χ0n) is 5.63. The van der Waals surface area contributed by atoms with E-state index in [0.717, 1.165) is 10.7 Å². The molecule has 2 nitrogen and oxygen atoms in total. The molecule has 10 heavy (non-hydrogen) atoms. The van der Waals surface area contributed by atoms with Crippen molar-refractivity contribution in [2.75, 3.05) is 0 Å². The molecule has 1 aliphatic carbocycles. The van der Waals surface area contributed by atoms with Crippen molar-refractivity contribution in [1.82, 2.24) is 9.55 Å². The van der Waals surface area contributed by atoms with Gasteiger partial charge in [-0.2, -0.15) is 0 Å². The van der Waals surface area contributed by atoms with Gasteiger partial charge in [-0.25, -0.2) is 4.98 Å². The average Bonchev–Trinajstić information content (AvgIpc) is 2.34. The molecular weight excluding hydrogens is 124 g/mol. The van der Waals surface area contributed by atoms with Crippen LogP contribution in [0.15, 0.2) is 18.1 Å². The first-order valence-electron chi connectivity index (χ1n) is 3.07. The minimum absolute atomic E-state index is 0.973. The Morgan fingerprint density at radius 1 is 1.60 bits per heavy atom. The molecule has 0 radical (unpaired) electrons. The molecule has 2 rings (SSSR count). The van der Waals surface area contributed by atoms with E-state index in [2.05, 4.69) is 16.4 Å². The highest BCUT2D eigenvalue weighted by Gasteiger charge is 1.90. The Balaban J connectivity index is 3.18. The molecule has 1 aliphatic rings. The van der Waals surface area contributed by atoms with Gasteiger partial charge in [0.05, 0.1) is 11.7 Å². The van der Waals surface area contributed by atoms with Crippen LogP contribution in [0.4, 0.5) is 0 Å². The summed E-state index contributed by atoms with van der Waals surface area (Å²) in [5.41, 5.74) is 5.85. The van der Waals surface area contributed by atoms with Crippen LogP contribution in [0, 0.1) is 0 Å². The van der Waals surface area contributed by atoms with Crippen LogP contribution in [0.25, 0.3) is 11.8 Å². The lowest BCUT2D eigenvalue weighted by molar-refractivity contribution is 0.882. The van der Waals surface area contributed by atoms with Crippen LogP contribution < -0.4 is 10.7 Å². The van der Waals surface area contributed by atoms with E-state index in [1.165, 1.54) is 0 Å². The quantitative estimate of drug-likeness (QED) is 0.425. The summed E-state index contributed by atoms with van der Waals surface area (Å²) < 4.78 is 1.92. The van der Waals surface area contributed by atoms with E-state index >= 15 is 0 Å². The van der Waals surface area contributed by atoms with E-state index in [1.54, 1.807) is 6.33 Å². The van der Waals surface area contributed by atoms with Gasteiger partial charge in [-0.3, -0.25) is 0 Å². The molecule has 0 unspecified atom stereocenters. The Bertz CT molecular complexity index is 438. The van der Waals surface area contributed by atoms with Gasteiger partial charge in [-0.1, -0.05) is 5.73 Å². The minimum atomic E-state index is 0.973. The molecule has 1 aromatic heterocycles. The largest absolute Gasteiger partial charge is 0.327 e. The summed E-state index contributed by atoms with van der Waals surface area (Å²) in [6.45, 7) is 0. The number of aromatic nitrogens is 2.